The monoisotopic (exact) mass is 203 g/mol. The Labute approximate surface area is 89.9 Å². The molecule has 0 atom stereocenters. The van der Waals surface area contributed by atoms with Gasteiger partial charge in [0.1, 0.15) is 0 Å². The minimum absolute atomic E-state index is 0.454. The van der Waals surface area contributed by atoms with E-state index in [4.69, 9.17) is 0 Å². The Morgan fingerprint density at radius 2 is 1.87 bits per heavy atom. The molecular weight excluding hydrogens is 186 g/mol. The number of rotatable bonds is 2. The van der Waals surface area contributed by atoms with Gasteiger partial charge in [-0.3, -0.25) is 5.10 Å². The van der Waals surface area contributed by atoms with E-state index in [1.807, 2.05) is 6.20 Å². The second-order valence-corrected chi connectivity index (χ2v) is 4.58. The molecule has 0 aromatic carbocycles. The third-order valence-corrected chi connectivity index (χ3v) is 2.69. The quantitative estimate of drug-likeness (QED) is 0.814. The lowest BCUT2D eigenvalue weighted by molar-refractivity contribution is 0.809. The van der Waals surface area contributed by atoms with Crippen molar-refractivity contribution in [2.75, 3.05) is 0 Å². The van der Waals surface area contributed by atoms with Crippen molar-refractivity contribution < 1.29 is 0 Å². The highest BCUT2D eigenvalue weighted by Gasteiger charge is 2.11. The first-order valence-corrected chi connectivity index (χ1v) is 5.43. The van der Waals surface area contributed by atoms with Gasteiger partial charge < -0.3 is 0 Å². The minimum Gasteiger partial charge on any atom is -0.261 e. The number of fused-ring (bicyclic) bond motifs is 1. The molecule has 2 aromatic rings. The van der Waals surface area contributed by atoms with E-state index < -0.39 is 0 Å². The zero-order chi connectivity index (χ0) is 11.0. The predicted molar refractivity (Wildman–Crippen MR) is 62.1 cm³/mol. The van der Waals surface area contributed by atoms with Gasteiger partial charge in [-0.15, -0.1) is 0 Å². The molecule has 2 aromatic heterocycles. The van der Waals surface area contributed by atoms with E-state index in [2.05, 4.69) is 48.9 Å². The molecule has 1 N–H and O–H groups in total. The molecule has 0 radical (unpaired) electrons. The molecule has 0 aliphatic rings. The summed E-state index contributed by atoms with van der Waals surface area (Å²) in [7, 11) is 0. The van der Waals surface area contributed by atoms with Gasteiger partial charge in [0.2, 0.25) is 0 Å². The molecule has 3 nitrogen and oxygen atoms in total. The molecule has 0 saturated heterocycles. The first-order valence-electron chi connectivity index (χ1n) is 5.43. The molecule has 0 spiro atoms. The van der Waals surface area contributed by atoms with Crippen LogP contribution in [-0.4, -0.2) is 15.2 Å². The van der Waals surface area contributed by atoms with E-state index in [-0.39, 0.29) is 0 Å². The van der Waals surface area contributed by atoms with Gasteiger partial charge in [-0.1, -0.05) is 27.7 Å². The van der Waals surface area contributed by atoms with E-state index >= 15 is 0 Å². The first-order chi connectivity index (χ1) is 7.09. The largest absolute Gasteiger partial charge is 0.261 e. The van der Waals surface area contributed by atoms with Gasteiger partial charge in [0.15, 0.2) is 5.65 Å². The Hall–Kier alpha value is -1.38. The maximum absolute atomic E-state index is 4.56. The van der Waals surface area contributed by atoms with Gasteiger partial charge in [-0.2, -0.15) is 5.10 Å². The van der Waals surface area contributed by atoms with Crippen molar-refractivity contribution >= 4 is 11.0 Å². The van der Waals surface area contributed by atoms with Gasteiger partial charge in [0.25, 0.3) is 0 Å². The van der Waals surface area contributed by atoms with Crippen molar-refractivity contribution in [3.63, 3.8) is 0 Å². The third kappa shape index (κ3) is 1.74. The summed E-state index contributed by atoms with van der Waals surface area (Å²) in [5.41, 5.74) is 3.37. The minimum atomic E-state index is 0.454. The number of nitrogens with one attached hydrogen (secondary N) is 1. The van der Waals surface area contributed by atoms with Crippen LogP contribution in [0.2, 0.25) is 0 Å². The standard InChI is InChI=1S/C12H17N3/c1-7(2)9-5-11(8(3)4)14-12-10(9)6-13-15-12/h5-8H,1-4H3,(H,13,14,15). The van der Waals surface area contributed by atoms with E-state index in [0.29, 0.717) is 11.8 Å². The fraction of sp³-hybridized carbons (Fsp3) is 0.500. The SMILES string of the molecule is CC(C)c1cc(C(C)C)c2cn[nH]c2n1. The van der Waals surface area contributed by atoms with Crippen LogP contribution >= 0.6 is 0 Å². The highest BCUT2D eigenvalue weighted by atomic mass is 15.1. The van der Waals surface area contributed by atoms with E-state index in [9.17, 15) is 0 Å². The van der Waals surface area contributed by atoms with Crippen LogP contribution in [0.15, 0.2) is 12.3 Å². The second-order valence-electron chi connectivity index (χ2n) is 4.58. The summed E-state index contributed by atoms with van der Waals surface area (Å²) in [6.45, 7) is 8.72. The van der Waals surface area contributed by atoms with Crippen LogP contribution in [0.3, 0.4) is 0 Å². The van der Waals surface area contributed by atoms with Crippen LogP contribution in [0, 0.1) is 0 Å². The van der Waals surface area contributed by atoms with E-state index in [0.717, 1.165) is 16.7 Å². The van der Waals surface area contributed by atoms with Gasteiger partial charge in [0.05, 0.1) is 6.20 Å². The summed E-state index contributed by atoms with van der Waals surface area (Å²) in [6, 6.07) is 2.20. The summed E-state index contributed by atoms with van der Waals surface area (Å²) in [6.07, 6.45) is 1.86. The van der Waals surface area contributed by atoms with Crippen molar-refractivity contribution in [3.8, 4) is 0 Å². The Kier molecular flexibility index (Phi) is 2.47. The lowest BCUT2D eigenvalue weighted by atomic mass is 9.98. The zero-order valence-corrected chi connectivity index (χ0v) is 9.70. The smallest absolute Gasteiger partial charge is 0.155 e. The van der Waals surface area contributed by atoms with Crippen molar-refractivity contribution in [1.29, 1.82) is 0 Å². The Balaban J connectivity index is 2.69. The van der Waals surface area contributed by atoms with Gasteiger partial charge in [0, 0.05) is 11.1 Å². The molecule has 0 unspecified atom stereocenters. The molecule has 2 heterocycles. The van der Waals surface area contributed by atoms with Crippen LogP contribution in [0.5, 0.6) is 0 Å². The van der Waals surface area contributed by atoms with Crippen LogP contribution < -0.4 is 0 Å². The Morgan fingerprint density at radius 1 is 1.13 bits per heavy atom. The topological polar surface area (TPSA) is 41.6 Å². The third-order valence-electron chi connectivity index (χ3n) is 2.69. The fourth-order valence-corrected chi connectivity index (χ4v) is 1.75. The average molecular weight is 203 g/mol. The second kappa shape index (κ2) is 3.65. The van der Waals surface area contributed by atoms with Crippen molar-refractivity contribution in [3.05, 3.63) is 23.5 Å². The summed E-state index contributed by atoms with van der Waals surface area (Å²) in [5, 5.41) is 8.15. The molecule has 80 valence electrons. The van der Waals surface area contributed by atoms with Gasteiger partial charge >= 0.3 is 0 Å². The fourth-order valence-electron chi connectivity index (χ4n) is 1.75. The van der Waals surface area contributed by atoms with Crippen molar-refractivity contribution in [2.45, 2.75) is 39.5 Å². The highest BCUT2D eigenvalue weighted by Crippen LogP contribution is 2.26. The van der Waals surface area contributed by atoms with Crippen molar-refractivity contribution in [1.82, 2.24) is 15.2 Å². The highest BCUT2D eigenvalue weighted by molar-refractivity contribution is 5.78. The van der Waals surface area contributed by atoms with E-state index in [1.54, 1.807) is 0 Å². The Bertz CT molecular complexity index is 469. The van der Waals surface area contributed by atoms with Crippen LogP contribution in [0.25, 0.3) is 11.0 Å². The number of hydrogen-bond donors (Lipinski definition) is 1. The molecule has 2 rings (SSSR count). The molecule has 0 aliphatic carbocycles. The molecule has 0 aliphatic heterocycles. The number of aromatic nitrogens is 3. The number of aromatic amines is 1. The lowest BCUT2D eigenvalue weighted by Gasteiger charge is -2.11. The molecule has 3 heteroatoms. The number of nitrogens with zero attached hydrogens (tertiary/aromatic N) is 2. The summed E-state index contributed by atoms with van der Waals surface area (Å²) >= 11 is 0. The first kappa shape index (κ1) is 10.1. The molecular formula is C12H17N3. The molecule has 0 saturated carbocycles. The Morgan fingerprint density at radius 3 is 2.47 bits per heavy atom. The number of hydrogen-bond acceptors (Lipinski definition) is 2. The number of pyridine rings is 1. The molecule has 0 fully saturated rings. The molecule has 0 bridgehead atoms. The summed E-state index contributed by atoms with van der Waals surface area (Å²) in [4.78, 5) is 4.56. The maximum atomic E-state index is 4.56. The lowest BCUT2D eigenvalue weighted by Crippen LogP contribution is -1.98. The normalized spacial score (nSPS) is 11.9. The van der Waals surface area contributed by atoms with E-state index in [1.165, 1.54) is 5.56 Å². The van der Waals surface area contributed by atoms with Crippen LogP contribution in [0.4, 0.5) is 0 Å². The molecule has 0 amide bonds. The summed E-state index contributed by atoms with van der Waals surface area (Å²) in [5.74, 6) is 0.959. The zero-order valence-electron chi connectivity index (χ0n) is 9.70. The van der Waals surface area contributed by atoms with Gasteiger partial charge in [-0.25, -0.2) is 4.98 Å². The summed E-state index contributed by atoms with van der Waals surface area (Å²) < 4.78 is 0. The van der Waals surface area contributed by atoms with Crippen LogP contribution in [-0.2, 0) is 0 Å². The number of H-pyrrole nitrogens is 1. The molecule has 15 heavy (non-hydrogen) atoms. The van der Waals surface area contributed by atoms with Crippen molar-refractivity contribution in [2.24, 2.45) is 0 Å². The predicted octanol–water partition coefficient (Wildman–Crippen LogP) is 3.20. The average Bonchev–Trinajstić information content (AvgIpc) is 2.62. The maximum Gasteiger partial charge on any atom is 0.155 e. The van der Waals surface area contributed by atoms with Gasteiger partial charge in [-0.05, 0) is 23.5 Å². The van der Waals surface area contributed by atoms with Crippen LogP contribution in [0.1, 0.15) is 50.8 Å².